The Morgan fingerprint density at radius 3 is 2.58 bits per heavy atom. The molecule has 6 heteroatoms. The van der Waals surface area contributed by atoms with Gasteiger partial charge in [0.25, 0.3) is 0 Å². The third kappa shape index (κ3) is 8.99. The molecule has 0 heterocycles. The van der Waals surface area contributed by atoms with Gasteiger partial charge in [0.05, 0.1) is 6.54 Å². The van der Waals surface area contributed by atoms with E-state index in [2.05, 4.69) is 22.1 Å². The van der Waals surface area contributed by atoms with Crippen molar-refractivity contribution < 1.29 is 9.47 Å². The topological polar surface area (TPSA) is 46.1 Å². The second-order valence-electron chi connectivity index (χ2n) is 5.36. The SMILES string of the molecule is CCNC(=NCCCCOCC)N(C)CCOc1ccc(Cl)cc1. The predicted octanol–water partition coefficient (Wildman–Crippen LogP) is 3.43. The fourth-order valence-corrected chi connectivity index (χ4v) is 2.18. The Morgan fingerprint density at radius 2 is 1.92 bits per heavy atom. The van der Waals surface area contributed by atoms with Crippen LogP contribution >= 0.6 is 11.6 Å². The van der Waals surface area contributed by atoms with Crippen LogP contribution in [0.1, 0.15) is 26.7 Å². The molecule has 0 saturated carbocycles. The lowest BCUT2D eigenvalue weighted by Gasteiger charge is -2.22. The smallest absolute Gasteiger partial charge is 0.193 e. The van der Waals surface area contributed by atoms with Gasteiger partial charge in [-0.25, -0.2) is 0 Å². The van der Waals surface area contributed by atoms with Crippen LogP contribution in [0.25, 0.3) is 0 Å². The molecule has 24 heavy (non-hydrogen) atoms. The van der Waals surface area contributed by atoms with E-state index >= 15 is 0 Å². The minimum absolute atomic E-state index is 0.590. The van der Waals surface area contributed by atoms with E-state index in [9.17, 15) is 0 Å². The van der Waals surface area contributed by atoms with Gasteiger partial charge in [-0.15, -0.1) is 0 Å². The Morgan fingerprint density at radius 1 is 1.17 bits per heavy atom. The molecule has 0 bridgehead atoms. The number of unbranched alkanes of at least 4 members (excludes halogenated alkanes) is 1. The highest BCUT2D eigenvalue weighted by molar-refractivity contribution is 6.30. The molecule has 0 aliphatic heterocycles. The molecular formula is C18H30ClN3O2. The molecule has 0 aliphatic rings. The van der Waals surface area contributed by atoms with Crippen LogP contribution in [0.4, 0.5) is 0 Å². The second kappa shape index (κ2) is 12.9. The molecule has 0 amide bonds. The van der Waals surface area contributed by atoms with Crippen LogP contribution in [0.2, 0.25) is 5.02 Å². The molecule has 1 aromatic carbocycles. The number of nitrogens with one attached hydrogen (secondary N) is 1. The van der Waals surface area contributed by atoms with Gasteiger partial charge >= 0.3 is 0 Å². The molecule has 0 aromatic heterocycles. The van der Waals surface area contributed by atoms with E-state index in [0.29, 0.717) is 11.6 Å². The lowest BCUT2D eigenvalue weighted by atomic mass is 10.3. The molecule has 136 valence electrons. The molecule has 1 aromatic rings. The first-order chi connectivity index (χ1) is 11.7. The zero-order chi connectivity index (χ0) is 17.6. The normalized spacial score (nSPS) is 11.4. The van der Waals surface area contributed by atoms with Crippen molar-refractivity contribution in [2.24, 2.45) is 4.99 Å². The first-order valence-electron chi connectivity index (χ1n) is 8.63. The third-order valence-corrected chi connectivity index (χ3v) is 3.62. The average molecular weight is 356 g/mol. The van der Waals surface area contributed by atoms with Gasteiger partial charge in [0.2, 0.25) is 0 Å². The van der Waals surface area contributed by atoms with Crippen molar-refractivity contribution in [1.29, 1.82) is 0 Å². The van der Waals surface area contributed by atoms with E-state index in [0.717, 1.165) is 57.4 Å². The van der Waals surface area contributed by atoms with Crippen molar-refractivity contribution in [2.75, 3.05) is 46.5 Å². The molecule has 5 nitrogen and oxygen atoms in total. The van der Waals surface area contributed by atoms with Crippen LogP contribution in [0, 0.1) is 0 Å². The van der Waals surface area contributed by atoms with Crippen molar-refractivity contribution in [3.05, 3.63) is 29.3 Å². The number of rotatable bonds is 11. The average Bonchev–Trinajstić information content (AvgIpc) is 2.58. The Labute approximate surface area is 151 Å². The monoisotopic (exact) mass is 355 g/mol. The lowest BCUT2D eigenvalue weighted by molar-refractivity contribution is 0.144. The summed E-state index contributed by atoms with van der Waals surface area (Å²) in [6.07, 6.45) is 2.07. The predicted molar refractivity (Wildman–Crippen MR) is 101 cm³/mol. The quantitative estimate of drug-likeness (QED) is 0.375. The summed E-state index contributed by atoms with van der Waals surface area (Å²) in [5.74, 6) is 1.74. The number of hydrogen-bond donors (Lipinski definition) is 1. The third-order valence-electron chi connectivity index (χ3n) is 3.37. The van der Waals surface area contributed by atoms with Crippen LogP contribution in [-0.2, 0) is 4.74 Å². The molecule has 0 aliphatic carbocycles. The molecule has 0 radical (unpaired) electrons. The minimum atomic E-state index is 0.590. The lowest BCUT2D eigenvalue weighted by Crippen LogP contribution is -2.41. The first-order valence-corrected chi connectivity index (χ1v) is 9.00. The molecule has 0 atom stereocenters. The maximum absolute atomic E-state index is 5.87. The fraction of sp³-hybridized carbons (Fsp3) is 0.611. The van der Waals surface area contributed by atoms with Crippen molar-refractivity contribution in [2.45, 2.75) is 26.7 Å². The number of benzene rings is 1. The number of nitrogens with zero attached hydrogens (tertiary/aromatic N) is 2. The van der Waals surface area contributed by atoms with Crippen LogP contribution in [0.3, 0.4) is 0 Å². The fourth-order valence-electron chi connectivity index (χ4n) is 2.05. The molecular weight excluding hydrogens is 326 g/mol. The van der Waals surface area contributed by atoms with E-state index < -0.39 is 0 Å². The van der Waals surface area contributed by atoms with Gasteiger partial charge in [-0.2, -0.15) is 0 Å². The summed E-state index contributed by atoms with van der Waals surface area (Å²) in [7, 11) is 2.02. The van der Waals surface area contributed by atoms with E-state index in [4.69, 9.17) is 21.1 Å². The van der Waals surface area contributed by atoms with E-state index in [-0.39, 0.29) is 0 Å². The highest BCUT2D eigenvalue weighted by Gasteiger charge is 2.05. The highest BCUT2D eigenvalue weighted by atomic mass is 35.5. The number of likely N-dealkylation sites (N-methyl/N-ethyl adjacent to an activating group) is 1. The number of ether oxygens (including phenoxy) is 2. The molecule has 1 N–H and O–H groups in total. The number of aliphatic imine (C=N–C) groups is 1. The maximum Gasteiger partial charge on any atom is 0.193 e. The van der Waals surface area contributed by atoms with Crippen LogP contribution in [0.5, 0.6) is 5.75 Å². The van der Waals surface area contributed by atoms with E-state index in [1.165, 1.54) is 0 Å². The van der Waals surface area contributed by atoms with Gasteiger partial charge in [0.1, 0.15) is 12.4 Å². The van der Waals surface area contributed by atoms with Crippen LogP contribution in [0.15, 0.2) is 29.3 Å². The van der Waals surface area contributed by atoms with Crippen LogP contribution < -0.4 is 10.1 Å². The summed E-state index contributed by atoms with van der Waals surface area (Å²) < 4.78 is 11.1. The van der Waals surface area contributed by atoms with Gasteiger partial charge in [-0.1, -0.05) is 11.6 Å². The summed E-state index contributed by atoms with van der Waals surface area (Å²) >= 11 is 5.87. The number of halogens is 1. The van der Waals surface area contributed by atoms with Crippen molar-refractivity contribution in [3.8, 4) is 5.75 Å². The van der Waals surface area contributed by atoms with Gasteiger partial charge in [-0.05, 0) is 51.0 Å². The highest BCUT2D eigenvalue weighted by Crippen LogP contribution is 2.15. The second-order valence-corrected chi connectivity index (χ2v) is 5.80. The van der Waals surface area contributed by atoms with Crippen molar-refractivity contribution in [3.63, 3.8) is 0 Å². The van der Waals surface area contributed by atoms with E-state index in [1.807, 2.05) is 38.2 Å². The van der Waals surface area contributed by atoms with Crippen LogP contribution in [-0.4, -0.2) is 57.4 Å². The molecule has 0 saturated heterocycles. The summed E-state index contributed by atoms with van der Waals surface area (Å²) in [5, 5.41) is 4.03. The molecule has 0 spiro atoms. The van der Waals surface area contributed by atoms with Crippen molar-refractivity contribution in [1.82, 2.24) is 10.2 Å². The number of guanidine groups is 1. The van der Waals surface area contributed by atoms with Gasteiger partial charge in [-0.3, -0.25) is 4.99 Å². The Balaban J connectivity index is 2.33. The zero-order valence-electron chi connectivity index (χ0n) is 15.1. The summed E-state index contributed by atoms with van der Waals surface area (Å²) in [4.78, 5) is 6.74. The standard InChI is InChI=1S/C18H30ClN3O2/c1-4-20-18(21-12-6-7-14-23-5-2)22(3)13-15-24-17-10-8-16(19)9-11-17/h8-11H,4-7,12-15H2,1-3H3,(H,20,21). The summed E-state index contributed by atoms with van der Waals surface area (Å²) in [5.41, 5.74) is 0. The molecule has 0 unspecified atom stereocenters. The summed E-state index contributed by atoms with van der Waals surface area (Å²) in [6, 6.07) is 7.41. The maximum atomic E-state index is 5.87. The largest absolute Gasteiger partial charge is 0.492 e. The minimum Gasteiger partial charge on any atom is -0.492 e. The number of hydrogen-bond acceptors (Lipinski definition) is 3. The summed E-state index contributed by atoms with van der Waals surface area (Å²) in [6.45, 7) is 8.68. The first kappa shape index (κ1) is 20.6. The molecule has 0 fully saturated rings. The van der Waals surface area contributed by atoms with E-state index in [1.54, 1.807) is 0 Å². The Kier molecular flexibility index (Phi) is 11.1. The Hall–Kier alpha value is -1.46. The Bertz CT molecular complexity index is 466. The molecule has 1 rings (SSSR count). The van der Waals surface area contributed by atoms with Crippen molar-refractivity contribution >= 4 is 17.6 Å². The van der Waals surface area contributed by atoms with Gasteiger partial charge < -0.3 is 19.7 Å². The zero-order valence-corrected chi connectivity index (χ0v) is 15.8. The van der Waals surface area contributed by atoms with Gasteiger partial charge in [0, 0.05) is 38.4 Å². The van der Waals surface area contributed by atoms with Gasteiger partial charge in [0.15, 0.2) is 5.96 Å².